The Morgan fingerprint density at radius 1 is 0.974 bits per heavy atom. The van der Waals surface area contributed by atoms with Crippen LogP contribution < -0.4 is 25.8 Å². The van der Waals surface area contributed by atoms with E-state index in [0.29, 0.717) is 28.6 Å². The number of nitrogens with two attached hydrogens (primary N) is 1. The fourth-order valence-electron chi connectivity index (χ4n) is 3.75. The summed E-state index contributed by atoms with van der Waals surface area (Å²) in [4.78, 5) is 37.3. The SMILES string of the molecule is COc1ccc(CCC(=O)NC(C)C(=O)Oc2ccc(NC(=O)c3cc4cc(C(=N)N)ccc4o3)cc2)cc1. The lowest BCUT2D eigenvalue weighted by Crippen LogP contribution is -2.40. The summed E-state index contributed by atoms with van der Waals surface area (Å²) in [5.41, 5.74) is 7.98. The van der Waals surface area contributed by atoms with E-state index in [1.165, 1.54) is 12.1 Å². The van der Waals surface area contributed by atoms with Crippen LogP contribution in [0.1, 0.15) is 35.0 Å². The topological polar surface area (TPSA) is 157 Å². The molecule has 0 fully saturated rings. The molecule has 5 N–H and O–H groups in total. The maximum absolute atomic E-state index is 12.6. The fraction of sp³-hybridized carbons (Fsp3) is 0.172. The van der Waals surface area contributed by atoms with Gasteiger partial charge in [-0.1, -0.05) is 12.1 Å². The number of methoxy groups -OCH3 is 1. The molecule has 10 heteroatoms. The lowest BCUT2D eigenvalue weighted by Gasteiger charge is -2.13. The Bertz CT molecular complexity index is 1510. The average molecular weight is 529 g/mol. The zero-order valence-electron chi connectivity index (χ0n) is 21.4. The number of benzene rings is 3. The molecule has 1 aromatic heterocycles. The molecule has 0 saturated carbocycles. The number of hydrogen-bond acceptors (Lipinski definition) is 7. The van der Waals surface area contributed by atoms with Gasteiger partial charge in [0.15, 0.2) is 5.76 Å². The number of nitrogen functional groups attached to an aromatic ring is 1. The van der Waals surface area contributed by atoms with Crippen molar-refractivity contribution in [3.63, 3.8) is 0 Å². The van der Waals surface area contributed by atoms with Crippen LogP contribution in [0.2, 0.25) is 0 Å². The van der Waals surface area contributed by atoms with Crippen LogP contribution in [0.5, 0.6) is 11.5 Å². The normalized spacial score (nSPS) is 11.4. The Morgan fingerprint density at radius 3 is 2.33 bits per heavy atom. The van der Waals surface area contributed by atoms with Crippen LogP contribution in [0, 0.1) is 5.41 Å². The molecule has 200 valence electrons. The van der Waals surface area contributed by atoms with Gasteiger partial charge in [0, 0.05) is 23.1 Å². The lowest BCUT2D eigenvalue weighted by molar-refractivity contribution is -0.138. The smallest absolute Gasteiger partial charge is 0.333 e. The van der Waals surface area contributed by atoms with Crippen molar-refractivity contribution in [3.8, 4) is 11.5 Å². The van der Waals surface area contributed by atoms with Gasteiger partial charge >= 0.3 is 5.97 Å². The van der Waals surface area contributed by atoms with Crippen molar-refractivity contribution in [2.24, 2.45) is 5.73 Å². The molecule has 1 heterocycles. The summed E-state index contributed by atoms with van der Waals surface area (Å²) in [7, 11) is 1.59. The van der Waals surface area contributed by atoms with Gasteiger partial charge in [0.2, 0.25) is 5.91 Å². The molecule has 0 bridgehead atoms. The third kappa shape index (κ3) is 7.01. The summed E-state index contributed by atoms with van der Waals surface area (Å²) in [6.45, 7) is 1.55. The number of nitrogens with one attached hydrogen (secondary N) is 3. The number of carbonyl (C=O) groups is 3. The molecule has 2 amide bonds. The van der Waals surface area contributed by atoms with Gasteiger partial charge in [-0.05, 0) is 79.6 Å². The maximum Gasteiger partial charge on any atom is 0.333 e. The quantitative estimate of drug-likeness (QED) is 0.105. The Balaban J connectivity index is 1.26. The van der Waals surface area contributed by atoms with Crippen molar-refractivity contribution < 1.29 is 28.3 Å². The highest BCUT2D eigenvalue weighted by Gasteiger charge is 2.18. The molecule has 0 aliphatic heterocycles. The summed E-state index contributed by atoms with van der Waals surface area (Å²) in [5.74, 6) is -0.326. The summed E-state index contributed by atoms with van der Waals surface area (Å²) in [6.07, 6.45) is 0.750. The molecule has 3 aromatic carbocycles. The van der Waals surface area contributed by atoms with Crippen molar-refractivity contribution in [2.45, 2.75) is 25.8 Å². The zero-order valence-corrected chi connectivity index (χ0v) is 21.4. The molecule has 0 aliphatic rings. The zero-order chi connectivity index (χ0) is 27.9. The summed E-state index contributed by atoms with van der Waals surface area (Å²) < 4.78 is 16.1. The molecular formula is C29H28N4O6. The number of fused-ring (bicyclic) bond motifs is 1. The highest BCUT2D eigenvalue weighted by Crippen LogP contribution is 2.23. The number of ether oxygens (including phenoxy) is 2. The number of aryl methyl sites for hydroxylation is 1. The summed E-state index contributed by atoms with van der Waals surface area (Å²) in [5, 5.41) is 13.5. The van der Waals surface area contributed by atoms with Crippen LogP contribution in [0.3, 0.4) is 0 Å². The first-order valence-corrected chi connectivity index (χ1v) is 12.1. The fourth-order valence-corrected chi connectivity index (χ4v) is 3.75. The molecule has 10 nitrogen and oxygen atoms in total. The van der Waals surface area contributed by atoms with Crippen LogP contribution >= 0.6 is 0 Å². The molecule has 1 unspecified atom stereocenters. The maximum atomic E-state index is 12.6. The van der Waals surface area contributed by atoms with Crippen molar-refractivity contribution in [1.82, 2.24) is 5.32 Å². The van der Waals surface area contributed by atoms with E-state index in [-0.39, 0.29) is 29.7 Å². The highest BCUT2D eigenvalue weighted by molar-refractivity contribution is 6.05. The highest BCUT2D eigenvalue weighted by atomic mass is 16.5. The van der Waals surface area contributed by atoms with Gasteiger partial charge in [-0.25, -0.2) is 4.79 Å². The molecule has 0 aliphatic carbocycles. The lowest BCUT2D eigenvalue weighted by atomic mass is 10.1. The summed E-state index contributed by atoms with van der Waals surface area (Å²) in [6, 6.07) is 19.3. The van der Waals surface area contributed by atoms with E-state index in [9.17, 15) is 14.4 Å². The number of rotatable bonds is 10. The van der Waals surface area contributed by atoms with E-state index in [1.807, 2.05) is 24.3 Å². The van der Waals surface area contributed by atoms with Crippen molar-refractivity contribution in [2.75, 3.05) is 12.4 Å². The molecule has 4 aromatic rings. The van der Waals surface area contributed by atoms with E-state index in [0.717, 1.165) is 11.3 Å². The van der Waals surface area contributed by atoms with Gasteiger partial charge in [-0.15, -0.1) is 0 Å². The molecular weight excluding hydrogens is 500 g/mol. The number of carbonyl (C=O) groups excluding carboxylic acids is 3. The van der Waals surface area contributed by atoms with Crippen molar-refractivity contribution in [1.29, 1.82) is 5.41 Å². The second-order valence-electron chi connectivity index (χ2n) is 8.81. The molecule has 4 rings (SSSR count). The number of amidine groups is 1. The van der Waals surface area contributed by atoms with Gasteiger partial charge in [0.25, 0.3) is 5.91 Å². The number of hydrogen-bond donors (Lipinski definition) is 4. The number of furan rings is 1. The van der Waals surface area contributed by atoms with Crippen LogP contribution in [0.4, 0.5) is 5.69 Å². The van der Waals surface area contributed by atoms with E-state index in [4.69, 9.17) is 25.0 Å². The monoisotopic (exact) mass is 528 g/mol. The minimum Gasteiger partial charge on any atom is -0.497 e. The third-order valence-electron chi connectivity index (χ3n) is 5.91. The summed E-state index contributed by atoms with van der Waals surface area (Å²) >= 11 is 0. The van der Waals surface area contributed by atoms with E-state index >= 15 is 0 Å². The predicted octanol–water partition coefficient (Wildman–Crippen LogP) is 4.02. The Morgan fingerprint density at radius 2 is 1.67 bits per heavy atom. The van der Waals surface area contributed by atoms with E-state index in [1.54, 1.807) is 50.4 Å². The second-order valence-corrected chi connectivity index (χ2v) is 8.81. The molecule has 0 radical (unpaired) electrons. The number of amides is 2. The average Bonchev–Trinajstić information content (AvgIpc) is 3.37. The van der Waals surface area contributed by atoms with Crippen LogP contribution in [-0.4, -0.2) is 36.8 Å². The van der Waals surface area contributed by atoms with Gasteiger partial charge in [-0.2, -0.15) is 0 Å². The van der Waals surface area contributed by atoms with Crippen LogP contribution in [0.25, 0.3) is 11.0 Å². The van der Waals surface area contributed by atoms with Gasteiger partial charge in [-0.3, -0.25) is 15.0 Å². The van der Waals surface area contributed by atoms with Gasteiger partial charge in [0.1, 0.15) is 29.0 Å². The largest absolute Gasteiger partial charge is 0.497 e. The van der Waals surface area contributed by atoms with Crippen LogP contribution in [0.15, 0.2) is 77.2 Å². The number of esters is 1. The molecule has 1 atom stereocenters. The molecule has 0 saturated heterocycles. The Kier molecular flexibility index (Phi) is 8.25. The van der Waals surface area contributed by atoms with Crippen molar-refractivity contribution in [3.05, 3.63) is 89.7 Å². The van der Waals surface area contributed by atoms with Gasteiger partial charge < -0.3 is 30.3 Å². The minimum atomic E-state index is -0.843. The van der Waals surface area contributed by atoms with E-state index < -0.39 is 17.9 Å². The predicted molar refractivity (Wildman–Crippen MR) is 146 cm³/mol. The van der Waals surface area contributed by atoms with Crippen LogP contribution in [-0.2, 0) is 16.0 Å². The van der Waals surface area contributed by atoms with E-state index in [2.05, 4.69) is 10.6 Å². The first-order chi connectivity index (χ1) is 18.7. The first kappa shape index (κ1) is 26.9. The second kappa shape index (κ2) is 12.0. The standard InChI is InChI=1S/C29H28N4O6/c1-17(32-26(34)14-5-18-3-9-22(37-2)10-4-18)29(36)38-23-11-7-21(8-12-23)33-28(35)25-16-20-15-19(27(30)31)6-13-24(20)39-25/h3-4,6-13,15-17H,5,14H2,1-2H3,(H3,30,31)(H,32,34)(H,33,35). The Labute approximate surface area is 224 Å². The number of anilines is 1. The van der Waals surface area contributed by atoms with Crippen molar-refractivity contribution >= 4 is 40.3 Å². The first-order valence-electron chi connectivity index (χ1n) is 12.1. The molecule has 39 heavy (non-hydrogen) atoms. The third-order valence-corrected chi connectivity index (χ3v) is 5.91. The molecule has 0 spiro atoms. The van der Waals surface area contributed by atoms with Gasteiger partial charge in [0.05, 0.1) is 7.11 Å². The Hall–Kier alpha value is -5.12. The minimum absolute atomic E-state index is 0.0774.